The minimum Gasteiger partial charge on any atom is -0.396 e. The Labute approximate surface area is 95.3 Å². The Bertz CT molecular complexity index is 144. The fourth-order valence-electron chi connectivity index (χ4n) is 2.43. The lowest BCUT2D eigenvalue weighted by Crippen LogP contribution is -1.89. The average molecular weight is 212 g/mol. The van der Waals surface area contributed by atoms with Gasteiger partial charge in [-0.15, -0.1) is 0 Å². The summed E-state index contributed by atoms with van der Waals surface area (Å²) in [4.78, 5) is 0. The molecule has 15 heavy (non-hydrogen) atoms. The quantitative estimate of drug-likeness (QED) is 0.539. The number of hydrogen-bond donors (Lipinski definition) is 1. The number of aliphatic hydroxyl groups is 1. The van der Waals surface area contributed by atoms with Gasteiger partial charge in [0, 0.05) is 6.61 Å². The second-order valence-corrected chi connectivity index (χ2v) is 5.20. The topological polar surface area (TPSA) is 20.2 Å². The lowest BCUT2D eigenvalue weighted by atomic mass is 10.1. The van der Waals surface area contributed by atoms with Crippen molar-refractivity contribution in [3.63, 3.8) is 0 Å². The standard InChI is InChI=1S/C14H28O/c1-2-3-4-5-6-7-8-9-10-13-11-14(13)12-15/h13-15H,2-12H2,1H3/t13-,14-/m0/s1. The largest absolute Gasteiger partial charge is 0.396 e. The van der Waals surface area contributed by atoms with E-state index in [1.54, 1.807) is 0 Å². The molecule has 1 N–H and O–H groups in total. The first-order valence-electron chi connectivity index (χ1n) is 6.99. The zero-order valence-electron chi connectivity index (χ0n) is 10.4. The van der Waals surface area contributed by atoms with Gasteiger partial charge < -0.3 is 5.11 Å². The van der Waals surface area contributed by atoms with Crippen LogP contribution < -0.4 is 0 Å². The first-order valence-corrected chi connectivity index (χ1v) is 6.99. The molecule has 90 valence electrons. The predicted octanol–water partition coefficient (Wildman–Crippen LogP) is 4.15. The van der Waals surface area contributed by atoms with Crippen molar-refractivity contribution >= 4 is 0 Å². The van der Waals surface area contributed by atoms with Gasteiger partial charge in [0.15, 0.2) is 0 Å². The van der Waals surface area contributed by atoms with Crippen molar-refractivity contribution in [1.29, 1.82) is 0 Å². The van der Waals surface area contributed by atoms with E-state index in [0.29, 0.717) is 12.5 Å². The van der Waals surface area contributed by atoms with E-state index in [1.165, 1.54) is 64.2 Å². The first kappa shape index (κ1) is 13.0. The average Bonchev–Trinajstić information content (AvgIpc) is 3.01. The summed E-state index contributed by atoms with van der Waals surface area (Å²) < 4.78 is 0. The summed E-state index contributed by atoms with van der Waals surface area (Å²) in [5.41, 5.74) is 0. The van der Waals surface area contributed by atoms with E-state index in [2.05, 4.69) is 6.92 Å². The van der Waals surface area contributed by atoms with E-state index in [9.17, 15) is 0 Å². The Morgan fingerprint density at radius 3 is 2.00 bits per heavy atom. The molecule has 1 fully saturated rings. The zero-order valence-corrected chi connectivity index (χ0v) is 10.4. The monoisotopic (exact) mass is 212 g/mol. The summed E-state index contributed by atoms with van der Waals surface area (Å²) in [5, 5.41) is 8.90. The second-order valence-electron chi connectivity index (χ2n) is 5.20. The molecule has 1 nitrogen and oxygen atoms in total. The zero-order chi connectivity index (χ0) is 10.9. The van der Waals surface area contributed by atoms with Crippen molar-refractivity contribution in [2.24, 2.45) is 11.8 Å². The minimum absolute atomic E-state index is 0.432. The van der Waals surface area contributed by atoms with Crippen LogP contribution >= 0.6 is 0 Å². The molecule has 1 aliphatic carbocycles. The minimum atomic E-state index is 0.432. The fraction of sp³-hybridized carbons (Fsp3) is 1.00. The van der Waals surface area contributed by atoms with Crippen molar-refractivity contribution in [2.75, 3.05) is 6.61 Å². The summed E-state index contributed by atoms with van der Waals surface area (Å²) in [6, 6.07) is 0. The molecule has 0 saturated heterocycles. The molecule has 0 heterocycles. The molecule has 0 unspecified atom stereocenters. The molecule has 0 aromatic carbocycles. The van der Waals surface area contributed by atoms with Crippen LogP contribution in [0.25, 0.3) is 0 Å². The van der Waals surface area contributed by atoms with Gasteiger partial charge in [-0.3, -0.25) is 0 Å². The molecule has 2 atom stereocenters. The SMILES string of the molecule is CCCCCCCCCC[C@H]1C[C@H]1CO. The van der Waals surface area contributed by atoms with E-state index < -0.39 is 0 Å². The van der Waals surface area contributed by atoms with Crippen LogP contribution in [0.15, 0.2) is 0 Å². The van der Waals surface area contributed by atoms with Crippen LogP contribution in [0.2, 0.25) is 0 Å². The maximum Gasteiger partial charge on any atom is 0.0462 e. The third kappa shape index (κ3) is 6.19. The van der Waals surface area contributed by atoms with Gasteiger partial charge in [-0.2, -0.15) is 0 Å². The molecular weight excluding hydrogens is 184 g/mol. The molecule has 0 aliphatic heterocycles. The highest BCUT2D eigenvalue weighted by atomic mass is 16.3. The summed E-state index contributed by atoms with van der Waals surface area (Å²) in [6.07, 6.45) is 14.0. The molecule has 0 spiro atoms. The van der Waals surface area contributed by atoms with Gasteiger partial charge in [-0.05, 0) is 18.3 Å². The van der Waals surface area contributed by atoms with Gasteiger partial charge in [0.25, 0.3) is 0 Å². The summed E-state index contributed by atoms with van der Waals surface area (Å²) in [5.74, 6) is 1.56. The normalized spacial score (nSPS) is 24.4. The van der Waals surface area contributed by atoms with Crippen LogP contribution in [0.4, 0.5) is 0 Å². The summed E-state index contributed by atoms with van der Waals surface area (Å²) >= 11 is 0. The Balaban J connectivity index is 1.71. The van der Waals surface area contributed by atoms with Crippen LogP contribution in [-0.4, -0.2) is 11.7 Å². The van der Waals surface area contributed by atoms with Crippen molar-refractivity contribution in [1.82, 2.24) is 0 Å². The third-order valence-electron chi connectivity index (χ3n) is 3.73. The number of aliphatic hydroxyl groups excluding tert-OH is 1. The highest BCUT2D eigenvalue weighted by Crippen LogP contribution is 2.41. The van der Waals surface area contributed by atoms with Gasteiger partial charge in [0.1, 0.15) is 0 Å². The van der Waals surface area contributed by atoms with E-state index in [0.717, 1.165) is 5.92 Å². The van der Waals surface area contributed by atoms with E-state index in [4.69, 9.17) is 5.11 Å². The molecule has 0 bridgehead atoms. The fourth-order valence-corrected chi connectivity index (χ4v) is 2.43. The van der Waals surface area contributed by atoms with Crippen LogP contribution in [-0.2, 0) is 0 Å². The van der Waals surface area contributed by atoms with Crippen molar-refractivity contribution in [3.8, 4) is 0 Å². The van der Waals surface area contributed by atoms with Gasteiger partial charge in [-0.1, -0.05) is 64.7 Å². The van der Waals surface area contributed by atoms with Crippen molar-refractivity contribution in [2.45, 2.75) is 71.1 Å². The van der Waals surface area contributed by atoms with Crippen LogP contribution in [0.1, 0.15) is 71.1 Å². The second kappa shape index (κ2) is 8.15. The van der Waals surface area contributed by atoms with Crippen LogP contribution in [0.3, 0.4) is 0 Å². The highest BCUT2D eigenvalue weighted by Gasteiger charge is 2.34. The van der Waals surface area contributed by atoms with Crippen molar-refractivity contribution < 1.29 is 5.11 Å². The van der Waals surface area contributed by atoms with E-state index in [-0.39, 0.29) is 0 Å². The van der Waals surface area contributed by atoms with Gasteiger partial charge in [0.2, 0.25) is 0 Å². The molecular formula is C14H28O. The summed E-state index contributed by atoms with van der Waals surface area (Å²) in [6.45, 7) is 2.70. The van der Waals surface area contributed by atoms with Gasteiger partial charge in [0.05, 0.1) is 0 Å². The van der Waals surface area contributed by atoms with Gasteiger partial charge >= 0.3 is 0 Å². The molecule has 0 amide bonds. The third-order valence-corrected chi connectivity index (χ3v) is 3.73. The lowest BCUT2D eigenvalue weighted by Gasteiger charge is -2.01. The Morgan fingerprint density at radius 2 is 1.47 bits per heavy atom. The Kier molecular flexibility index (Phi) is 7.08. The first-order chi connectivity index (χ1) is 7.38. The molecule has 0 aromatic heterocycles. The number of unbranched alkanes of at least 4 members (excludes halogenated alkanes) is 7. The highest BCUT2D eigenvalue weighted by molar-refractivity contribution is 4.84. The molecule has 0 radical (unpaired) electrons. The maximum absolute atomic E-state index is 8.90. The van der Waals surface area contributed by atoms with Crippen LogP contribution in [0.5, 0.6) is 0 Å². The molecule has 1 aliphatic rings. The van der Waals surface area contributed by atoms with E-state index in [1.807, 2.05) is 0 Å². The van der Waals surface area contributed by atoms with E-state index >= 15 is 0 Å². The lowest BCUT2D eigenvalue weighted by molar-refractivity contribution is 0.267. The molecule has 0 aromatic rings. The molecule has 1 saturated carbocycles. The van der Waals surface area contributed by atoms with Crippen LogP contribution in [0, 0.1) is 11.8 Å². The number of rotatable bonds is 10. The smallest absolute Gasteiger partial charge is 0.0462 e. The number of hydrogen-bond acceptors (Lipinski definition) is 1. The maximum atomic E-state index is 8.90. The molecule has 1 heteroatoms. The Hall–Kier alpha value is -0.0400. The summed E-state index contributed by atoms with van der Waals surface area (Å²) in [7, 11) is 0. The molecule has 1 rings (SSSR count). The van der Waals surface area contributed by atoms with Crippen molar-refractivity contribution in [3.05, 3.63) is 0 Å². The van der Waals surface area contributed by atoms with Gasteiger partial charge in [-0.25, -0.2) is 0 Å². The predicted molar refractivity (Wildman–Crippen MR) is 65.9 cm³/mol. The Morgan fingerprint density at radius 1 is 0.867 bits per heavy atom.